The molecule has 0 spiro atoms. The monoisotopic (exact) mass is 304 g/mol. The van der Waals surface area contributed by atoms with E-state index in [0.29, 0.717) is 11.8 Å². The lowest BCUT2D eigenvalue weighted by molar-refractivity contribution is 0.553. The van der Waals surface area contributed by atoms with Gasteiger partial charge in [-0.25, -0.2) is 0 Å². The number of hydrogen-bond donors (Lipinski definition) is 1. The van der Waals surface area contributed by atoms with E-state index in [0.717, 1.165) is 34.9 Å². The Morgan fingerprint density at radius 2 is 1.90 bits per heavy atom. The van der Waals surface area contributed by atoms with Gasteiger partial charge in [0.15, 0.2) is 0 Å². The molecule has 0 saturated carbocycles. The number of benzene rings is 1. The average Bonchev–Trinajstić information content (AvgIpc) is 2.42. The van der Waals surface area contributed by atoms with Crippen LogP contribution in [0.15, 0.2) is 18.2 Å². The third-order valence-electron chi connectivity index (χ3n) is 3.73. The molecule has 2 aromatic rings. The van der Waals surface area contributed by atoms with Crippen LogP contribution in [0.2, 0.25) is 5.02 Å². The molecule has 0 aliphatic carbocycles. The molecule has 0 atom stereocenters. The summed E-state index contributed by atoms with van der Waals surface area (Å²) in [6.45, 7) is 12.7. The Balaban J connectivity index is 2.48. The van der Waals surface area contributed by atoms with E-state index in [9.17, 15) is 0 Å². The summed E-state index contributed by atoms with van der Waals surface area (Å²) in [5.74, 6) is 1.07. The summed E-state index contributed by atoms with van der Waals surface area (Å²) in [6, 6.07) is 6.30. The number of hydrogen-bond acceptors (Lipinski definition) is 2. The summed E-state index contributed by atoms with van der Waals surface area (Å²) >= 11 is 6.26. The first-order valence-corrected chi connectivity index (χ1v) is 8.07. The first-order valence-electron chi connectivity index (χ1n) is 7.69. The molecule has 0 aliphatic rings. The first kappa shape index (κ1) is 16.3. The normalized spacial score (nSPS) is 11.8. The minimum absolute atomic E-state index is 0.414. The van der Waals surface area contributed by atoms with Crippen molar-refractivity contribution in [3.05, 3.63) is 40.0 Å². The van der Waals surface area contributed by atoms with Crippen molar-refractivity contribution in [2.75, 3.05) is 6.54 Å². The lowest BCUT2D eigenvalue weighted by Crippen LogP contribution is -2.19. The summed E-state index contributed by atoms with van der Waals surface area (Å²) in [7, 11) is 0. The van der Waals surface area contributed by atoms with E-state index in [1.54, 1.807) is 0 Å². The van der Waals surface area contributed by atoms with Crippen molar-refractivity contribution in [3.63, 3.8) is 0 Å². The summed E-state index contributed by atoms with van der Waals surface area (Å²) in [5.41, 5.74) is 4.55. The van der Waals surface area contributed by atoms with Crippen LogP contribution in [0.5, 0.6) is 0 Å². The van der Waals surface area contributed by atoms with Gasteiger partial charge in [-0.3, -0.25) is 4.98 Å². The van der Waals surface area contributed by atoms with Crippen molar-refractivity contribution in [1.29, 1.82) is 0 Å². The molecule has 21 heavy (non-hydrogen) atoms. The predicted octanol–water partition coefficient (Wildman–Crippen LogP) is 5.07. The molecule has 0 unspecified atom stereocenters. The van der Waals surface area contributed by atoms with Crippen molar-refractivity contribution in [2.45, 2.75) is 47.1 Å². The van der Waals surface area contributed by atoms with Gasteiger partial charge in [-0.1, -0.05) is 45.4 Å². The van der Waals surface area contributed by atoms with Gasteiger partial charge in [0, 0.05) is 22.6 Å². The number of nitrogens with zero attached hydrogens (tertiary/aromatic N) is 1. The maximum atomic E-state index is 6.26. The van der Waals surface area contributed by atoms with E-state index in [4.69, 9.17) is 16.6 Å². The average molecular weight is 305 g/mol. The fourth-order valence-corrected chi connectivity index (χ4v) is 2.59. The molecule has 0 amide bonds. The highest BCUT2D eigenvalue weighted by Crippen LogP contribution is 2.28. The zero-order valence-electron chi connectivity index (χ0n) is 13.6. The van der Waals surface area contributed by atoms with E-state index in [1.165, 1.54) is 10.9 Å². The van der Waals surface area contributed by atoms with Crippen LogP contribution >= 0.6 is 11.6 Å². The number of aryl methyl sites for hydroxylation is 1. The van der Waals surface area contributed by atoms with Crippen molar-refractivity contribution in [2.24, 2.45) is 5.92 Å². The van der Waals surface area contributed by atoms with Crippen molar-refractivity contribution < 1.29 is 0 Å². The van der Waals surface area contributed by atoms with E-state index in [1.807, 2.05) is 13.0 Å². The molecule has 0 radical (unpaired) electrons. The Hall–Kier alpha value is -1.12. The minimum Gasteiger partial charge on any atom is -0.312 e. The van der Waals surface area contributed by atoms with Crippen LogP contribution in [0.3, 0.4) is 0 Å². The molecule has 0 saturated heterocycles. The molecule has 1 aromatic heterocycles. The van der Waals surface area contributed by atoms with Crippen molar-refractivity contribution >= 4 is 22.5 Å². The Morgan fingerprint density at radius 3 is 2.52 bits per heavy atom. The van der Waals surface area contributed by atoms with Gasteiger partial charge in [0.1, 0.15) is 0 Å². The second kappa shape index (κ2) is 6.76. The molecule has 1 aromatic carbocycles. The van der Waals surface area contributed by atoms with Gasteiger partial charge in [0.2, 0.25) is 0 Å². The van der Waals surface area contributed by atoms with Crippen LogP contribution in [-0.2, 0) is 6.54 Å². The number of pyridine rings is 1. The standard InChI is InChI=1S/C18H25ClN2/c1-11(2)9-20-10-14-8-17(12(3)4)21-18-13(5)16(19)7-6-15(14)18/h6-8,11-12,20H,9-10H2,1-5H3. The zero-order chi connectivity index (χ0) is 15.6. The molecule has 114 valence electrons. The number of fused-ring (bicyclic) bond motifs is 1. The van der Waals surface area contributed by atoms with Crippen LogP contribution in [0.1, 0.15) is 50.4 Å². The molecular weight excluding hydrogens is 280 g/mol. The van der Waals surface area contributed by atoms with Crippen LogP contribution in [0.25, 0.3) is 10.9 Å². The SMILES string of the molecule is Cc1c(Cl)ccc2c(CNCC(C)C)cc(C(C)C)nc12. The molecule has 0 bridgehead atoms. The van der Waals surface area contributed by atoms with E-state index in [-0.39, 0.29) is 0 Å². The first-order chi connectivity index (χ1) is 9.90. The summed E-state index contributed by atoms with van der Waals surface area (Å²) in [4.78, 5) is 4.83. The minimum atomic E-state index is 0.414. The summed E-state index contributed by atoms with van der Waals surface area (Å²) < 4.78 is 0. The molecule has 1 heterocycles. The van der Waals surface area contributed by atoms with Crippen LogP contribution in [-0.4, -0.2) is 11.5 Å². The van der Waals surface area contributed by atoms with E-state index < -0.39 is 0 Å². The smallest absolute Gasteiger partial charge is 0.0752 e. The highest BCUT2D eigenvalue weighted by atomic mass is 35.5. The fourth-order valence-electron chi connectivity index (χ4n) is 2.43. The third-order valence-corrected chi connectivity index (χ3v) is 4.14. The van der Waals surface area contributed by atoms with Gasteiger partial charge >= 0.3 is 0 Å². The molecule has 0 aliphatic heterocycles. The van der Waals surface area contributed by atoms with Gasteiger partial charge in [-0.2, -0.15) is 0 Å². The topological polar surface area (TPSA) is 24.9 Å². The quantitative estimate of drug-likeness (QED) is 0.834. The van der Waals surface area contributed by atoms with Gasteiger partial charge in [-0.05, 0) is 48.6 Å². The van der Waals surface area contributed by atoms with Gasteiger partial charge < -0.3 is 5.32 Å². The Kier molecular flexibility index (Phi) is 5.23. The van der Waals surface area contributed by atoms with Gasteiger partial charge in [0.05, 0.1) is 5.52 Å². The van der Waals surface area contributed by atoms with Crippen molar-refractivity contribution in [1.82, 2.24) is 10.3 Å². The maximum absolute atomic E-state index is 6.26. The lowest BCUT2D eigenvalue weighted by atomic mass is 10.0. The zero-order valence-corrected chi connectivity index (χ0v) is 14.4. The number of rotatable bonds is 5. The molecule has 0 fully saturated rings. The third kappa shape index (κ3) is 3.75. The Labute approximate surface area is 132 Å². The number of aromatic nitrogens is 1. The highest BCUT2D eigenvalue weighted by Gasteiger charge is 2.12. The van der Waals surface area contributed by atoms with Gasteiger partial charge in [-0.15, -0.1) is 0 Å². The van der Waals surface area contributed by atoms with Crippen LogP contribution in [0, 0.1) is 12.8 Å². The molecule has 2 nitrogen and oxygen atoms in total. The summed E-state index contributed by atoms with van der Waals surface area (Å²) in [6.07, 6.45) is 0. The molecule has 2 rings (SSSR count). The lowest BCUT2D eigenvalue weighted by Gasteiger charge is -2.15. The number of halogens is 1. The predicted molar refractivity (Wildman–Crippen MR) is 92.1 cm³/mol. The second-order valence-electron chi connectivity index (χ2n) is 6.45. The highest BCUT2D eigenvalue weighted by molar-refractivity contribution is 6.32. The maximum Gasteiger partial charge on any atom is 0.0752 e. The molecular formula is C18H25ClN2. The largest absolute Gasteiger partial charge is 0.312 e. The second-order valence-corrected chi connectivity index (χ2v) is 6.86. The summed E-state index contributed by atoms with van der Waals surface area (Å²) in [5, 5.41) is 5.53. The van der Waals surface area contributed by atoms with Crippen LogP contribution < -0.4 is 5.32 Å². The molecule has 3 heteroatoms. The molecule has 1 N–H and O–H groups in total. The fraction of sp³-hybridized carbons (Fsp3) is 0.500. The Bertz CT molecular complexity index is 633. The van der Waals surface area contributed by atoms with Crippen LogP contribution in [0.4, 0.5) is 0 Å². The van der Waals surface area contributed by atoms with Gasteiger partial charge in [0.25, 0.3) is 0 Å². The Morgan fingerprint density at radius 1 is 1.19 bits per heavy atom. The van der Waals surface area contributed by atoms with E-state index in [2.05, 4.69) is 45.1 Å². The number of nitrogens with one attached hydrogen (secondary N) is 1. The van der Waals surface area contributed by atoms with E-state index >= 15 is 0 Å². The van der Waals surface area contributed by atoms with Crippen molar-refractivity contribution in [3.8, 4) is 0 Å².